The molecule has 0 saturated carbocycles. The van der Waals surface area contributed by atoms with E-state index in [0.717, 1.165) is 0 Å². The van der Waals surface area contributed by atoms with E-state index in [0.29, 0.717) is 32.8 Å². The van der Waals surface area contributed by atoms with Gasteiger partial charge in [0.1, 0.15) is 0 Å². The zero-order valence-corrected chi connectivity index (χ0v) is 15.4. The summed E-state index contributed by atoms with van der Waals surface area (Å²) in [6, 6.07) is 2.43. The first kappa shape index (κ1) is 18.1. The van der Waals surface area contributed by atoms with Gasteiger partial charge in [0.05, 0.1) is 36.9 Å². The summed E-state index contributed by atoms with van der Waals surface area (Å²) in [6.45, 7) is 3.63. The maximum absolute atomic E-state index is 12.3. The van der Waals surface area contributed by atoms with Crippen molar-refractivity contribution in [1.82, 2.24) is 10.6 Å². The van der Waals surface area contributed by atoms with Gasteiger partial charge in [-0.15, -0.1) is 0 Å². The third kappa shape index (κ3) is 3.48. The number of esters is 1. The average molecular weight is 399 g/mol. The number of carbonyl (C=O) groups is 2. The molecule has 0 spiro atoms. The minimum atomic E-state index is -0.658. The maximum Gasteiger partial charge on any atom is 0.338 e. The molecule has 0 bridgehead atoms. The van der Waals surface area contributed by atoms with Gasteiger partial charge in [-0.2, -0.15) is 0 Å². The van der Waals surface area contributed by atoms with Crippen LogP contribution in [0.4, 0.5) is 4.79 Å². The fourth-order valence-corrected chi connectivity index (χ4v) is 3.15. The molecule has 2 amide bonds. The highest BCUT2D eigenvalue weighted by Crippen LogP contribution is 2.40. The molecule has 0 aromatic heterocycles. The third-order valence-corrected chi connectivity index (χ3v) is 4.14. The summed E-state index contributed by atoms with van der Waals surface area (Å²) >= 11 is 3.42. The second kappa shape index (κ2) is 7.57. The highest BCUT2D eigenvalue weighted by atomic mass is 79.9. The summed E-state index contributed by atoms with van der Waals surface area (Å²) < 4.78 is 16.4. The van der Waals surface area contributed by atoms with Crippen molar-refractivity contribution >= 4 is 27.9 Å². The standard InChI is InChI=1S/C16H19BrN2O5/c1-5-24-15(20)12-8(2)18-16(21)19-13(12)9-6-10(17)14(23-4)11(7-9)22-3/h6-7,13H,5H2,1-4H3,(H2,18,19,21)/t13-/m1/s1. The van der Waals surface area contributed by atoms with Crippen molar-refractivity contribution in [2.75, 3.05) is 20.8 Å². The van der Waals surface area contributed by atoms with Gasteiger partial charge in [0.25, 0.3) is 0 Å². The first-order valence-corrected chi connectivity index (χ1v) is 8.09. The average Bonchev–Trinajstić information content (AvgIpc) is 2.53. The van der Waals surface area contributed by atoms with E-state index in [2.05, 4.69) is 26.6 Å². The Morgan fingerprint density at radius 1 is 1.29 bits per heavy atom. The molecule has 0 aliphatic carbocycles. The van der Waals surface area contributed by atoms with Crippen LogP contribution in [0.1, 0.15) is 25.5 Å². The van der Waals surface area contributed by atoms with E-state index in [1.165, 1.54) is 14.2 Å². The summed E-state index contributed by atoms with van der Waals surface area (Å²) in [7, 11) is 3.05. The van der Waals surface area contributed by atoms with Gasteiger partial charge in [0.2, 0.25) is 0 Å². The number of rotatable bonds is 5. The zero-order valence-electron chi connectivity index (χ0n) is 13.9. The molecular formula is C16H19BrN2O5. The molecule has 1 atom stereocenters. The Morgan fingerprint density at radius 2 is 2.00 bits per heavy atom. The first-order chi connectivity index (χ1) is 11.4. The lowest BCUT2D eigenvalue weighted by molar-refractivity contribution is -0.139. The molecule has 1 heterocycles. The van der Waals surface area contributed by atoms with Crippen LogP contribution in [0.25, 0.3) is 0 Å². The molecule has 1 aliphatic rings. The number of allylic oxidation sites excluding steroid dienone is 1. The maximum atomic E-state index is 12.3. The number of methoxy groups -OCH3 is 2. The second-order valence-corrected chi connectivity index (χ2v) is 5.88. The number of ether oxygens (including phenoxy) is 3. The number of benzene rings is 1. The molecule has 2 rings (SSSR count). The molecule has 8 heteroatoms. The minimum absolute atomic E-state index is 0.242. The summed E-state index contributed by atoms with van der Waals surface area (Å²) in [5.74, 6) is 0.522. The van der Waals surface area contributed by atoms with Crippen molar-refractivity contribution in [2.45, 2.75) is 19.9 Å². The lowest BCUT2D eigenvalue weighted by Gasteiger charge is -2.28. The molecule has 7 nitrogen and oxygen atoms in total. The Kier molecular flexibility index (Phi) is 5.71. The fourth-order valence-electron chi connectivity index (χ4n) is 2.53. The van der Waals surface area contributed by atoms with Crippen LogP contribution >= 0.6 is 15.9 Å². The van der Waals surface area contributed by atoms with Crippen molar-refractivity contribution < 1.29 is 23.8 Å². The number of urea groups is 1. The smallest absolute Gasteiger partial charge is 0.338 e. The summed E-state index contributed by atoms with van der Waals surface area (Å²) in [6.07, 6.45) is 0. The molecule has 130 valence electrons. The minimum Gasteiger partial charge on any atom is -0.493 e. The van der Waals surface area contributed by atoms with Crippen LogP contribution in [-0.2, 0) is 9.53 Å². The van der Waals surface area contributed by atoms with Crippen LogP contribution in [0, 0.1) is 0 Å². The van der Waals surface area contributed by atoms with E-state index < -0.39 is 18.0 Å². The second-order valence-electron chi connectivity index (χ2n) is 5.03. The molecule has 1 aliphatic heterocycles. The van der Waals surface area contributed by atoms with Crippen LogP contribution in [0.3, 0.4) is 0 Å². The Bertz CT molecular complexity index is 702. The molecule has 0 saturated heterocycles. The van der Waals surface area contributed by atoms with Crippen LogP contribution in [0.2, 0.25) is 0 Å². The number of hydrogen-bond acceptors (Lipinski definition) is 5. The Hall–Kier alpha value is -2.22. The van der Waals surface area contributed by atoms with Crippen LogP contribution in [0.5, 0.6) is 11.5 Å². The van der Waals surface area contributed by atoms with E-state index in [1.54, 1.807) is 26.0 Å². The van der Waals surface area contributed by atoms with Crippen molar-refractivity contribution in [3.63, 3.8) is 0 Å². The van der Waals surface area contributed by atoms with Gasteiger partial charge in [0, 0.05) is 5.70 Å². The first-order valence-electron chi connectivity index (χ1n) is 7.29. The van der Waals surface area contributed by atoms with Crippen molar-refractivity contribution in [3.8, 4) is 11.5 Å². The van der Waals surface area contributed by atoms with Crippen molar-refractivity contribution in [1.29, 1.82) is 0 Å². The quantitative estimate of drug-likeness (QED) is 0.744. The van der Waals surface area contributed by atoms with Gasteiger partial charge < -0.3 is 24.8 Å². The number of halogens is 1. The van der Waals surface area contributed by atoms with Gasteiger partial charge in [-0.05, 0) is 47.5 Å². The molecule has 1 aromatic carbocycles. The third-order valence-electron chi connectivity index (χ3n) is 3.55. The van der Waals surface area contributed by atoms with Gasteiger partial charge in [0.15, 0.2) is 11.5 Å². The Labute approximate surface area is 148 Å². The van der Waals surface area contributed by atoms with E-state index in [1.807, 2.05) is 0 Å². The number of nitrogens with one attached hydrogen (secondary N) is 2. The van der Waals surface area contributed by atoms with Gasteiger partial charge in [-0.1, -0.05) is 0 Å². The Morgan fingerprint density at radius 3 is 2.58 bits per heavy atom. The monoisotopic (exact) mass is 398 g/mol. The van der Waals surface area contributed by atoms with Gasteiger partial charge in [-0.25, -0.2) is 9.59 Å². The van der Waals surface area contributed by atoms with Crippen LogP contribution < -0.4 is 20.1 Å². The van der Waals surface area contributed by atoms with Crippen LogP contribution in [0.15, 0.2) is 27.9 Å². The molecule has 2 N–H and O–H groups in total. The van der Waals surface area contributed by atoms with Gasteiger partial charge >= 0.3 is 12.0 Å². The highest BCUT2D eigenvalue weighted by Gasteiger charge is 2.33. The van der Waals surface area contributed by atoms with Crippen LogP contribution in [-0.4, -0.2) is 32.8 Å². The van der Waals surface area contributed by atoms with Crippen molar-refractivity contribution in [2.24, 2.45) is 0 Å². The molecule has 0 unspecified atom stereocenters. The van der Waals surface area contributed by atoms with Gasteiger partial charge in [-0.3, -0.25) is 0 Å². The predicted octanol–water partition coefficient (Wildman–Crippen LogP) is 2.66. The fraction of sp³-hybridized carbons (Fsp3) is 0.375. The zero-order chi connectivity index (χ0) is 17.9. The Balaban J connectivity index is 2.55. The lowest BCUT2D eigenvalue weighted by atomic mass is 9.95. The predicted molar refractivity (Wildman–Crippen MR) is 91.0 cm³/mol. The largest absolute Gasteiger partial charge is 0.493 e. The number of carbonyl (C=O) groups excluding carboxylic acids is 2. The van der Waals surface area contributed by atoms with E-state index in [-0.39, 0.29) is 6.61 Å². The molecule has 1 aromatic rings. The summed E-state index contributed by atoms with van der Waals surface area (Å²) in [4.78, 5) is 24.2. The van der Waals surface area contributed by atoms with E-state index in [9.17, 15) is 9.59 Å². The topological polar surface area (TPSA) is 85.9 Å². The highest BCUT2D eigenvalue weighted by molar-refractivity contribution is 9.10. The van der Waals surface area contributed by atoms with E-state index in [4.69, 9.17) is 14.2 Å². The SMILES string of the molecule is CCOC(=O)C1=C(C)NC(=O)N[C@@H]1c1cc(Br)c(OC)c(OC)c1. The number of amides is 2. The summed E-state index contributed by atoms with van der Waals surface area (Å²) in [5.41, 5.74) is 1.46. The number of hydrogen-bond donors (Lipinski definition) is 2. The van der Waals surface area contributed by atoms with Crippen molar-refractivity contribution in [3.05, 3.63) is 33.4 Å². The normalized spacial score (nSPS) is 17.0. The lowest BCUT2D eigenvalue weighted by Crippen LogP contribution is -2.45. The molecule has 24 heavy (non-hydrogen) atoms. The molecule has 0 fully saturated rings. The molecular weight excluding hydrogens is 380 g/mol. The van der Waals surface area contributed by atoms with E-state index >= 15 is 0 Å². The molecule has 0 radical (unpaired) electrons. The summed E-state index contributed by atoms with van der Waals surface area (Å²) in [5, 5.41) is 5.34.